The fraction of sp³-hybridized carbons (Fsp3) is 0.500. The number of benzene rings is 1. The Morgan fingerprint density at radius 3 is 2.44 bits per heavy atom. The van der Waals surface area contributed by atoms with E-state index >= 15 is 0 Å². The molecule has 0 saturated carbocycles. The molecule has 11 heteroatoms. The summed E-state index contributed by atoms with van der Waals surface area (Å²) in [5, 5.41) is 13.4. The van der Waals surface area contributed by atoms with Crippen molar-refractivity contribution in [2.24, 2.45) is 5.92 Å². The van der Waals surface area contributed by atoms with Crippen molar-refractivity contribution in [2.45, 2.75) is 32.1 Å². The van der Waals surface area contributed by atoms with Crippen LogP contribution in [-0.4, -0.2) is 44.9 Å². The summed E-state index contributed by atoms with van der Waals surface area (Å²) in [5.74, 6) is -1.88. The minimum absolute atomic E-state index is 0.00246. The molecule has 27 heavy (non-hydrogen) atoms. The molecule has 0 fully saturated rings. The van der Waals surface area contributed by atoms with Crippen LogP contribution in [0.5, 0.6) is 0 Å². The van der Waals surface area contributed by atoms with Gasteiger partial charge < -0.3 is 10.1 Å². The Morgan fingerprint density at radius 1 is 1.26 bits per heavy atom. The Kier molecular flexibility index (Phi) is 8.32. The van der Waals surface area contributed by atoms with Gasteiger partial charge in [0.25, 0.3) is 5.69 Å². The van der Waals surface area contributed by atoms with E-state index < -0.39 is 45.2 Å². The summed E-state index contributed by atoms with van der Waals surface area (Å²) in [6.07, 6.45) is 0.335. The van der Waals surface area contributed by atoms with Crippen LogP contribution in [0.1, 0.15) is 25.8 Å². The lowest BCUT2D eigenvalue weighted by molar-refractivity contribution is -0.385. The third-order valence-corrected chi connectivity index (χ3v) is 4.79. The van der Waals surface area contributed by atoms with Crippen LogP contribution in [0.25, 0.3) is 0 Å². The van der Waals surface area contributed by atoms with Gasteiger partial charge in [0, 0.05) is 11.6 Å². The van der Waals surface area contributed by atoms with E-state index in [2.05, 4.69) is 14.8 Å². The molecule has 0 unspecified atom stereocenters. The number of para-hydroxylation sites is 1. The Labute approximate surface area is 157 Å². The van der Waals surface area contributed by atoms with Gasteiger partial charge >= 0.3 is 5.97 Å². The zero-order valence-corrected chi connectivity index (χ0v) is 16.1. The fourth-order valence-corrected chi connectivity index (χ4v) is 3.42. The van der Waals surface area contributed by atoms with Gasteiger partial charge in [0.05, 0.1) is 24.3 Å². The lowest BCUT2D eigenvalue weighted by Crippen LogP contribution is -2.46. The molecule has 0 aliphatic carbocycles. The zero-order valence-electron chi connectivity index (χ0n) is 15.3. The van der Waals surface area contributed by atoms with E-state index in [1.54, 1.807) is 0 Å². The van der Waals surface area contributed by atoms with Crippen LogP contribution >= 0.6 is 0 Å². The molecule has 0 radical (unpaired) electrons. The zero-order chi connectivity index (χ0) is 20.6. The molecule has 1 amide bonds. The number of amides is 1. The molecule has 0 saturated heterocycles. The van der Waals surface area contributed by atoms with Crippen molar-refractivity contribution < 1.29 is 27.7 Å². The minimum atomic E-state index is -4.00. The highest BCUT2D eigenvalue weighted by atomic mass is 32.2. The second-order valence-electron chi connectivity index (χ2n) is 6.24. The first-order valence-electron chi connectivity index (χ1n) is 8.12. The number of nitro groups is 1. The summed E-state index contributed by atoms with van der Waals surface area (Å²) in [7, 11) is -2.81. The highest BCUT2D eigenvalue weighted by molar-refractivity contribution is 7.88. The fourth-order valence-electron chi connectivity index (χ4n) is 2.32. The van der Waals surface area contributed by atoms with E-state index in [-0.39, 0.29) is 17.2 Å². The summed E-state index contributed by atoms with van der Waals surface area (Å²) in [6, 6.07) is 4.55. The van der Waals surface area contributed by atoms with Crippen LogP contribution in [0.15, 0.2) is 24.3 Å². The smallest absolute Gasteiger partial charge is 0.328 e. The van der Waals surface area contributed by atoms with Gasteiger partial charge in [-0.2, -0.15) is 0 Å². The van der Waals surface area contributed by atoms with E-state index in [0.717, 1.165) is 0 Å². The van der Waals surface area contributed by atoms with Crippen LogP contribution in [0.3, 0.4) is 0 Å². The topological polar surface area (TPSA) is 145 Å². The van der Waals surface area contributed by atoms with Crippen LogP contribution in [0.4, 0.5) is 5.69 Å². The average Bonchev–Trinajstić information content (AvgIpc) is 2.58. The first kappa shape index (κ1) is 22.5. The number of nitro benzene ring substituents is 1. The van der Waals surface area contributed by atoms with Crippen molar-refractivity contribution >= 4 is 27.6 Å². The number of sulfonamides is 1. The number of rotatable bonds is 10. The Hall–Kier alpha value is -2.53. The molecule has 1 aromatic carbocycles. The number of nitrogens with one attached hydrogen (secondary N) is 2. The van der Waals surface area contributed by atoms with Gasteiger partial charge in [-0.3, -0.25) is 14.9 Å². The Morgan fingerprint density at radius 2 is 1.89 bits per heavy atom. The second-order valence-corrected chi connectivity index (χ2v) is 8.05. The predicted octanol–water partition coefficient (Wildman–Crippen LogP) is 0.718. The highest BCUT2D eigenvalue weighted by Gasteiger charge is 2.24. The summed E-state index contributed by atoms with van der Waals surface area (Å²) < 4.78 is 30.9. The number of carbonyl (C=O) groups excluding carboxylic acids is 2. The van der Waals surface area contributed by atoms with Crippen LogP contribution < -0.4 is 10.0 Å². The minimum Gasteiger partial charge on any atom is -0.467 e. The van der Waals surface area contributed by atoms with Crippen molar-refractivity contribution in [3.8, 4) is 0 Å². The third kappa shape index (κ3) is 7.71. The van der Waals surface area contributed by atoms with E-state index in [1.807, 2.05) is 13.8 Å². The van der Waals surface area contributed by atoms with Crippen LogP contribution in [-0.2, 0) is 30.1 Å². The van der Waals surface area contributed by atoms with E-state index in [0.29, 0.717) is 6.42 Å². The summed E-state index contributed by atoms with van der Waals surface area (Å²) in [5.41, 5.74) is -0.322. The number of hydrogen-bond acceptors (Lipinski definition) is 7. The van der Waals surface area contributed by atoms with Crippen molar-refractivity contribution in [1.29, 1.82) is 0 Å². The molecule has 0 aliphatic heterocycles. The van der Waals surface area contributed by atoms with E-state index in [1.165, 1.54) is 31.4 Å². The van der Waals surface area contributed by atoms with Crippen molar-refractivity contribution in [2.75, 3.05) is 13.7 Å². The normalized spacial score (nSPS) is 12.4. The average molecular weight is 401 g/mol. The van der Waals surface area contributed by atoms with Crippen molar-refractivity contribution in [1.82, 2.24) is 10.0 Å². The first-order valence-corrected chi connectivity index (χ1v) is 9.77. The molecule has 1 aromatic rings. The van der Waals surface area contributed by atoms with Gasteiger partial charge in [-0.1, -0.05) is 32.0 Å². The highest BCUT2D eigenvalue weighted by Crippen LogP contribution is 2.19. The number of nitrogens with zero attached hydrogens (tertiary/aromatic N) is 1. The first-order chi connectivity index (χ1) is 12.6. The Balaban J connectivity index is 2.71. The monoisotopic (exact) mass is 401 g/mol. The van der Waals surface area contributed by atoms with E-state index in [9.17, 15) is 28.1 Å². The Bertz CT molecular complexity index is 793. The van der Waals surface area contributed by atoms with Gasteiger partial charge in [0.15, 0.2) is 0 Å². The largest absolute Gasteiger partial charge is 0.467 e. The van der Waals surface area contributed by atoms with Crippen LogP contribution in [0.2, 0.25) is 0 Å². The second kappa shape index (κ2) is 9.97. The van der Waals surface area contributed by atoms with E-state index in [4.69, 9.17) is 0 Å². The number of hydrogen-bond donors (Lipinski definition) is 2. The van der Waals surface area contributed by atoms with Crippen LogP contribution in [0, 0.1) is 16.0 Å². The van der Waals surface area contributed by atoms with Gasteiger partial charge in [-0.25, -0.2) is 17.9 Å². The predicted molar refractivity (Wildman–Crippen MR) is 97.1 cm³/mol. The number of carbonyl (C=O) groups is 2. The van der Waals surface area contributed by atoms with Gasteiger partial charge in [-0.15, -0.1) is 0 Å². The molecule has 0 aromatic heterocycles. The molecule has 0 heterocycles. The van der Waals surface area contributed by atoms with Crippen molar-refractivity contribution in [3.63, 3.8) is 0 Å². The maximum absolute atomic E-state index is 12.1. The molecule has 1 rings (SSSR count). The number of ether oxygens (including phenoxy) is 1. The van der Waals surface area contributed by atoms with Gasteiger partial charge in [-0.05, 0) is 12.3 Å². The molecule has 150 valence electrons. The lowest BCUT2D eigenvalue weighted by Gasteiger charge is -2.18. The molecular formula is C16H23N3O7S. The maximum atomic E-state index is 12.1. The van der Waals surface area contributed by atoms with Gasteiger partial charge in [0.1, 0.15) is 6.04 Å². The molecule has 0 aliphatic rings. The molecular weight excluding hydrogens is 378 g/mol. The molecule has 10 nitrogen and oxygen atoms in total. The summed E-state index contributed by atoms with van der Waals surface area (Å²) in [6.45, 7) is 3.11. The van der Waals surface area contributed by atoms with Gasteiger partial charge in [0.2, 0.25) is 15.9 Å². The standard InChI is InChI=1S/C16H23N3O7S/c1-11(2)8-13(16(21)26-3)18-15(20)9-17-27(24,25)10-12-6-4-5-7-14(12)19(22)23/h4-7,11,13,17H,8-10H2,1-3H3,(H,18,20)/t13-/m0/s1. The SMILES string of the molecule is COC(=O)[C@H](CC(C)C)NC(=O)CNS(=O)(=O)Cc1ccccc1[N+](=O)[O-]. The molecule has 0 bridgehead atoms. The number of methoxy groups -OCH3 is 1. The maximum Gasteiger partial charge on any atom is 0.328 e. The quantitative estimate of drug-likeness (QED) is 0.334. The lowest BCUT2D eigenvalue weighted by atomic mass is 10.0. The molecule has 0 spiro atoms. The summed E-state index contributed by atoms with van der Waals surface area (Å²) in [4.78, 5) is 33.9. The molecule has 2 N–H and O–H groups in total. The molecule has 1 atom stereocenters. The number of esters is 1. The third-order valence-electron chi connectivity index (χ3n) is 3.51. The van der Waals surface area contributed by atoms with Crippen molar-refractivity contribution in [3.05, 3.63) is 39.9 Å². The summed E-state index contributed by atoms with van der Waals surface area (Å²) >= 11 is 0.